The van der Waals surface area contributed by atoms with E-state index in [0.29, 0.717) is 21.7 Å². The van der Waals surface area contributed by atoms with Crippen LogP contribution in [0.2, 0.25) is 0 Å². The molecule has 0 radical (unpaired) electrons. The van der Waals surface area contributed by atoms with Crippen molar-refractivity contribution in [3.05, 3.63) is 100 Å². The summed E-state index contributed by atoms with van der Waals surface area (Å²) < 4.78 is 18.5. The summed E-state index contributed by atoms with van der Waals surface area (Å²) in [5, 5.41) is 61.0. The number of phenolic OH excluding ortho intramolecular Hbond substituents is 4. The minimum Gasteiger partial charge on any atom is -0.508 e. The summed E-state index contributed by atoms with van der Waals surface area (Å²) >= 11 is 15.4. The third-order valence-electron chi connectivity index (χ3n) is 12.1. The predicted octanol–water partition coefficient (Wildman–Crippen LogP) is 12.6. The van der Waals surface area contributed by atoms with Crippen molar-refractivity contribution in [1.82, 2.24) is 25.6 Å². The van der Waals surface area contributed by atoms with E-state index in [4.69, 9.17) is 43.8 Å². The molecule has 9 N–H and O–H groups in total. The molecule has 0 fully saturated rings. The summed E-state index contributed by atoms with van der Waals surface area (Å²) in [4.78, 5) is 22.8. The Kier molecular flexibility index (Phi) is 29.6. The molecule has 1 heterocycles. The minimum absolute atomic E-state index is 0. The number of anilines is 4. The van der Waals surface area contributed by atoms with Crippen LogP contribution in [0.3, 0.4) is 0 Å². The van der Waals surface area contributed by atoms with Crippen LogP contribution in [0.25, 0.3) is 17.1 Å². The monoisotopic (exact) mass is 1170 g/mol. The lowest BCUT2D eigenvalue weighted by Gasteiger charge is -2.22. The van der Waals surface area contributed by atoms with Gasteiger partial charge in [0, 0.05) is 65.2 Å². The summed E-state index contributed by atoms with van der Waals surface area (Å²) in [6.45, 7) is 18.7. The minimum atomic E-state index is -0.582. The third kappa shape index (κ3) is 19.6. The molecule has 442 valence electrons. The molecular formula is C59H84N10O9S3. The van der Waals surface area contributed by atoms with Crippen LogP contribution in [0, 0.1) is 4.77 Å². The highest BCUT2D eigenvalue weighted by atomic mass is 32.1. The number of hydrazine groups is 1. The molecular weight excluding hydrogens is 1090 g/mol. The van der Waals surface area contributed by atoms with Crippen LogP contribution in [-0.2, 0) is 0 Å². The van der Waals surface area contributed by atoms with Crippen molar-refractivity contribution in [3.8, 4) is 57.3 Å². The fraction of sp³-hybridized carbons (Fsp3) is 0.407. The summed E-state index contributed by atoms with van der Waals surface area (Å²) in [6, 6.07) is 22.8. The molecule has 0 aliphatic rings. The van der Waals surface area contributed by atoms with Gasteiger partial charge in [-0.15, -0.1) is 0 Å². The number of amides is 1. The van der Waals surface area contributed by atoms with Gasteiger partial charge in [0.15, 0.2) is 15.7 Å². The van der Waals surface area contributed by atoms with E-state index in [9.17, 15) is 25.2 Å². The van der Waals surface area contributed by atoms with E-state index in [1.807, 2.05) is 103 Å². The SMILES string of the molecule is C.CCCN(C)c1cc(-n2c(-c3cc(C(C)C)c(O)cc3O)n[nH]c2=S)ccc1OC.CCCN(C)c1cc(N=C=S)ccc1OC.CCCN(C)c1cc(NC(=S)NNC(=O)c2cc(C(C)C)c(O)cc2O)ccc1OC.CCO. The lowest BCUT2D eigenvalue weighted by atomic mass is 9.98. The van der Waals surface area contributed by atoms with Gasteiger partial charge in [0.1, 0.15) is 40.2 Å². The Bertz CT molecular complexity index is 3090. The molecule has 81 heavy (non-hydrogen) atoms. The maximum atomic E-state index is 12.5. The standard InChI is InChI=1S/C22H30N4O4S.C22H28N4O3S.C12H16N2OS.C2H6O.CH4/c1-6-9-26(4)17-10-14(7-8-20(17)30-5)23-22(31)25-24-21(29)16-11-15(13(2)3)18(27)12-19(16)28;1-6-9-25(4)17-10-14(7-8-20(17)29-5)26-21(23-24-22(26)30)16-11-15(13(2)3)18(27)12-19(16)28;1-4-7-14(2)11-8-10(13-9-16)5-6-12(11)15-3;1-2-3;/h7-8,10-13,27-28H,6,9H2,1-5H3,(H,24,29)(H2,23,25,31);7-8,10-13,27-28H,6,9H2,1-5H3,(H,24,30);5-6,8H,4,7H2,1-3H3;3H,2H2,1H3;1H4. The molecule has 1 amide bonds. The van der Waals surface area contributed by atoms with Gasteiger partial charge < -0.3 is 59.8 Å². The number of nitrogens with one attached hydrogen (secondary N) is 4. The van der Waals surface area contributed by atoms with E-state index in [1.54, 1.807) is 38.9 Å². The smallest absolute Gasteiger partial charge is 0.273 e. The average molecular weight is 1170 g/mol. The number of methoxy groups -OCH3 is 3. The number of phenols is 4. The normalized spacial score (nSPS) is 10.2. The zero-order valence-corrected chi connectivity index (χ0v) is 50.8. The van der Waals surface area contributed by atoms with E-state index >= 15 is 0 Å². The number of benzene rings is 5. The number of hydrogen-bond donors (Lipinski definition) is 9. The van der Waals surface area contributed by atoms with Gasteiger partial charge in [-0.3, -0.25) is 25.3 Å². The number of ether oxygens (including phenoxy) is 3. The van der Waals surface area contributed by atoms with Gasteiger partial charge >= 0.3 is 0 Å². The van der Waals surface area contributed by atoms with Crippen LogP contribution >= 0.6 is 36.7 Å². The summed E-state index contributed by atoms with van der Waals surface area (Å²) in [5.74, 6) is 1.92. The number of carbonyl (C=O) groups excluding carboxylic acids is 1. The van der Waals surface area contributed by atoms with Crippen LogP contribution < -0.4 is 45.1 Å². The lowest BCUT2D eigenvalue weighted by molar-refractivity contribution is 0.0941. The number of aromatic hydroxyl groups is 4. The van der Waals surface area contributed by atoms with Gasteiger partial charge in [0.2, 0.25) is 0 Å². The fourth-order valence-corrected chi connectivity index (χ4v) is 8.69. The first-order valence-electron chi connectivity index (χ1n) is 26.1. The van der Waals surface area contributed by atoms with Gasteiger partial charge in [-0.05, 0) is 153 Å². The number of isothiocyanates is 1. The molecule has 0 aliphatic carbocycles. The number of rotatable bonds is 19. The van der Waals surface area contributed by atoms with Crippen molar-refractivity contribution in [1.29, 1.82) is 0 Å². The van der Waals surface area contributed by atoms with Crippen molar-refractivity contribution >= 4 is 81.3 Å². The highest BCUT2D eigenvalue weighted by Crippen LogP contribution is 2.40. The van der Waals surface area contributed by atoms with Gasteiger partial charge in [-0.2, -0.15) is 10.1 Å². The molecule has 1 aromatic heterocycles. The van der Waals surface area contributed by atoms with E-state index in [1.165, 1.54) is 12.1 Å². The third-order valence-corrected chi connectivity index (χ3v) is 12.7. The van der Waals surface area contributed by atoms with Gasteiger partial charge in [-0.25, -0.2) is 0 Å². The number of nitrogens with zero attached hydrogens (tertiary/aromatic N) is 6. The Morgan fingerprint density at radius 2 is 1.16 bits per heavy atom. The predicted molar refractivity (Wildman–Crippen MR) is 340 cm³/mol. The molecule has 6 aromatic rings. The van der Waals surface area contributed by atoms with Crippen molar-refractivity contribution in [3.63, 3.8) is 0 Å². The number of H-pyrrole nitrogens is 1. The maximum absolute atomic E-state index is 12.5. The van der Waals surface area contributed by atoms with Gasteiger partial charge in [-0.1, -0.05) is 55.9 Å². The van der Waals surface area contributed by atoms with Crippen molar-refractivity contribution in [2.45, 2.75) is 93.9 Å². The molecule has 22 heteroatoms. The summed E-state index contributed by atoms with van der Waals surface area (Å²) in [5.41, 5.74) is 12.1. The molecule has 0 aliphatic heterocycles. The highest BCUT2D eigenvalue weighted by Gasteiger charge is 2.21. The number of carbonyl (C=O) groups is 1. The molecule has 0 saturated heterocycles. The van der Waals surface area contributed by atoms with Crippen LogP contribution in [0.1, 0.15) is 115 Å². The number of aromatic amines is 1. The van der Waals surface area contributed by atoms with Crippen LogP contribution in [0.5, 0.6) is 40.2 Å². The number of thiocarbonyl (C=S) groups is 2. The van der Waals surface area contributed by atoms with E-state index in [2.05, 4.69) is 84.2 Å². The zero-order valence-electron chi connectivity index (χ0n) is 48.4. The van der Waals surface area contributed by atoms with Crippen molar-refractivity contribution in [2.24, 2.45) is 4.99 Å². The number of aliphatic hydroxyl groups excluding tert-OH is 1. The molecule has 0 bridgehead atoms. The highest BCUT2D eigenvalue weighted by molar-refractivity contribution is 7.80. The molecule has 0 atom stereocenters. The van der Waals surface area contributed by atoms with Gasteiger partial charge in [0.25, 0.3) is 5.91 Å². The largest absolute Gasteiger partial charge is 0.508 e. The molecule has 0 saturated carbocycles. The first kappa shape index (κ1) is 69.5. The molecule has 19 nitrogen and oxygen atoms in total. The van der Waals surface area contributed by atoms with Gasteiger partial charge in [0.05, 0.1) is 66.1 Å². The Hall–Kier alpha value is -7.62. The Balaban J connectivity index is 0.000000421. The summed E-state index contributed by atoms with van der Waals surface area (Å²) in [7, 11) is 11.0. The number of aliphatic imine (C=N–C) groups is 1. The quantitative estimate of drug-likeness (QED) is 0.0208. The van der Waals surface area contributed by atoms with Crippen LogP contribution in [0.15, 0.2) is 83.9 Å². The lowest BCUT2D eigenvalue weighted by Crippen LogP contribution is -2.43. The topological polar surface area (TPSA) is 238 Å². The van der Waals surface area contributed by atoms with Crippen molar-refractivity contribution in [2.75, 3.05) is 88.7 Å². The first-order chi connectivity index (χ1) is 38.1. The summed E-state index contributed by atoms with van der Waals surface area (Å²) in [6.07, 6.45) is 3.08. The number of aromatic nitrogens is 3. The Labute approximate surface area is 494 Å². The second-order valence-electron chi connectivity index (χ2n) is 18.8. The Morgan fingerprint density at radius 3 is 1.65 bits per heavy atom. The molecule has 6 rings (SSSR count). The molecule has 0 spiro atoms. The second-order valence-corrected chi connectivity index (χ2v) is 19.7. The van der Waals surface area contributed by atoms with Crippen molar-refractivity contribution < 1.29 is 44.5 Å². The second kappa shape index (κ2) is 34.5. The van der Waals surface area contributed by atoms with E-state index < -0.39 is 5.91 Å². The first-order valence-corrected chi connectivity index (χ1v) is 27.4. The fourth-order valence-electron chi connectivity index (χ4n) is 8.18. The zero-order chi connectivity index (χ0) is 59.8. The maximum Gasteiger partial charge on any atom is 0.273 e. The van der Waals surface area contributed by atoms with E-state index in [-0.39, 0.29) is 59.5 Å². The van der Waals surface area contributed by atoms with Crippen LogP contribution in [0.4, 0.5) is 28.4 Å². The Morgan fingerprint density at radius 1 is 0.691 bits per heavy atom. The van der Waals surface area contributed by atoms with E-state index in [0.717, 1.165) is 102 Å². The number of hydrogen-bond acceptors (Lipinski definition) is 17. The molecule has 0 unspecified atom stereocenters. The number of aliphatic hydroxyl groups is 1. The molecule has 5 aromatic carbocycles. The van der Waals surface area contributed by atoms with Crippen LogP contribution in [-0.4, -0.2) is 125 Å². The average Bonchev–Trinajstić information content (AvgIpc) is 4.00.